The fraction of sp³-hybridized carbons (Fsp3) is 0.474. The van der Waals surface area contributed by atoms with E-state index in [4.69, 9.17) is 0 Å². The maximum atomic E-state index is 12.2. The van der Waals surface area contributed by atoms with Crippen LogP contribution in [0.3, 0.4) is 0 Å². The fourth-order valence-electron chi connectivity index (χ4n) is 2.66. The Labute approximate surface area is 143 Å². The summed E-state index contributed by atoms with van der Waals surface area (Å²) in [6.45, 7) is 9.07. The summed E-state index contributed by atoms with van der Waals surface area (Å²) in [5.74, 6) is 0. The van der Waals surface area contributed by atoms with Crippen LogP contribution in [0.4, 0.5) is 0 Å². The lowest BCUT2D eigenvalue weighted by atomic mass is 9.86. The summed E-state index contributed by atoms with van der Waals surface area (Å²) in [4.78, 5) is 23.9. The van der Waals surface area contributed by atoms with Crippen LogP contribution >= 0.6 is 0 Å². The van der Waals surface area contributed by atoms with Crippen LogP contribution in [-0.4, -0.2) is 9.13 Å². The SMILES string of the molecule is CC(NCc1cn(C)c(=O)n(C)c1=O)c1ccc(C(C)(C)C)cc1. The van der Waals surface area contributed by atoms with E-state index in [0.29, 0.717) is 12.1 Å². The minimum atomic E-state index is -0.311. The van der Waals surface area contributed by atoms with E-state index in [1.807, 2.05) is 0 Å². The van der Waals surface area contributed by atoms with Crippen LogP contribution < -0.4 is 16.6 Å². The largest absolute Gasteiger partial charge is 0.330 e. The van der Waals surface area contributed by atoms with Gasteiger partial charge in [0.25, 0.3) is 5.56 Å². The minimum Gasteiger partial charge on any atom is -0.306 e. The van der Waals surface area contributed by atoms with Gasteiger partial charge in [-0.05, 0) is 23.5 Å². The Hall–Kier alpha value is -2.14. The average molecular weight is 329 g/mol. The highest BCUT2D eigenvalue weighted by Crippen LogP contribution is 2.23. The smallest absolute Gasteiger partial charge is 0.306 e. The van der Waals surface area contributed by atoms with E-state index in [1.165, 1.54) is 22.7 Å². The van der Waals surface area contributed by atoms with E-state index in [2.05, 4.69) is 57.3 Å². The van der Waals surface area contributed by atoms with E-state index in [0.717, 1.165) is 4.57 Å². The van der Waals surface area contributed by atoms with Gasteiger partial charge in [-0.3, -0.25) is 9.36 Å². The summed E-state index contributed by atoms with van der Waals surface area (Å²) < 4.78 is 2.57. The molecule has 24 heavy (non-hydrogen) atoms. The van der Waals surface area contributed by atoms with Crippen molar-refractivity contribution in [2.24, 2.45) is 14.1 Å². The van der Waals surface area contributed by atoms with Gasteiger partial charge in [0.15, 0.2) is 0 Å². The van der Waals surface area contributed by atoms with Crippen molar-refractivity contribution in [2.45, 2.75) is 45.7 Å². The Morgan fingerprint density at radius 1 is 1.08 bits per heavy atom. The summed E-state index contributed by atoms with van der Waals surface area (Å²) in [5, 5.41) is 3.36. The van der Waals surface area contributed by atoms with Crippen LogP contribution in [0.2, 0.25) is 0 Å². The second kappa shape index (κ2) is 6.77. The molecule has 1 aromatic heterocycles. The van der Waals surface area contributed by atoms with Crippen molar-refractivity contribution in [1.82, 2.24) is 14.5 Å². The molecule has 0 amide bonds. The lowest BCUT2D eigenvalue weighted by Gasteiger charge is -2.21. The first-order chi connectivity index (χ1) is 11.1. The standard InChI is InChI=1S/C19H27N3O2/c1-13(14-7-9-16(10-8-14)19(2,3)4)20-11-15-12-21(5)18(24)22(6)17(15)23/h7-10,12-13,20H,11H2,1-6H3. The summed E-state index contributed by atoms with van der Waals surface area (Å²) in [6, 6.07) is 8.66. The van der Waals surface area contributed by atoms with Crippen molar-refractivity contribution in [3.8, 4) is 0 Å². The zero-order valence-corrected chi connectivity index (χ0v) is 15.4. The molecule has 0 aliphatic rings. The molecule has 5 heteroatoms. The van der Waals surface area contributed by atoms with Crippen molar-refractivity contribution < 1.29 is 0 Å². The maximum Gasteiger partial charge on any atom is 0.330 e. The van der Waals surface area contributed by atoms with Crippen LogP contribution in [0.25, 0.3) is 0 Å². The molecular formula is C19H27N3O2. The molecule has 1 atom stereocenters. The van der Waals surface area contributed by atoms with Gasteiger partial charge in [-0.25, -0.2) is 4.79 Å². The van der Waals surface area contributed by atoms with Gasteiger partial charge in [0.1, 0.15) is 0 Å². The molecule has 0 spiro atoms. The Bertz CT molecular complexity index is 824. The van der Waals surface area contributed by atoms with Crippen molar-refractivity contribution in [2.75, 3.05) is 0 Å². The Kier molecular flexibility index (Phi) is 5.13. The molecule has 130 valence electrons. The second-order valence-electron chi connectivity index (χ2n) is 7.39. The molecule has 0 saturated heterocycles. The van der Waals surface area contributed by atoms with Crippen molar-refractivity contribution in [3.63, 3.8) is 0 Å². The number of hydrogen-bond acceptors (Lipinski definition) is 3. The van der Waals surface area contributed by atoms with Gasteiger partial charge < -0.3 is 9.88 Å². The van der Waals surface area contributed by atoms with Gasteiger partial charge in [0.05, 0.1) is 0 Å². The summed E-state index contributed by atoms with van der Waals surface area (Å²) >= 11 is 0. The highest BCUT2D eigenvalue weighted by Gasteiger charge is 2.14. The molecule has 1 unspecified atom stereocenters. The van der Waals surface area contributed by atoms with Gasteiger partial charge in [-0.2, -0.15) is 0 Å². The van der Waals surface area contributed by atoms with Crippen LogP contribution in [0.15, 0.2) is 40.1 Å². The van der Waals surface area contributed by atoms with Crippen molar-refractivity contribution in [3.05, 3.63) is 68.0 Å². The number of nitrogens with zero attached hydrogens (tertiary/aromatic N) is 2. The molecule has 1 N–H and O–H groups in total. The highest BCUT2D eigenvalue weighted by molar-refractivity contribution is 5.29. The van der Waals surface area contributed by atoms with Crippen LogP contribution in [0, 0.1) is 0 Å². The molecule has 1 heterocycles. The highest BCUT2D eigenvalue weighted by atomic mass is 16.2. The lowest BCUT2D eigenvalue weighted by Crippen LogP contribution is -2.39. The third-order valence-corrected chi connectivity index (χ3v) is 4.39. The van der Waals surface area contributed by atoms with Crippen LogP contribution in [-0.2, 0) is 26.1 Å². The quantitative estimate of drug-likeness (QED) is 0.936. The molecule has 0 bridgehead atoms. The Balaban J connectivity index is 2.13. The monoisotopic (exact) mass is 329 g/mol. The molecule has 0 aliphatic carbocycles. The molecule has 5 nitrogen and oxygen atoms in total. The van der Waals surface area contributed by atoms with Gasteiger partial charge in [-0.1, -0.05) is 45.0 Å². The zero-order chi connectivity index (χ0) is 18.1. The molecule has 1 aromatic carbocycles. The third kappa shape index (κ3) is 3.85. The zero-order valence-electron chi connectivity index (χ0n) is 15.4. The minimum absolute atomic E-state index is 0.112. The van der Waals surface area contributed by atoms with Crippen LogP contribution in [0.1, 0.15) is 50.4 Å². The molecular weight excluding hydrogens is 302 g/mol. The number of aryl methyl sites for hydroxylation is 1. The molecule has 0 aliphatic heterocycles. The molecule has 2 aromatic rings. The van der Waals surface area contributed by atoms with Gasteiger partial charge >= 0.3 is 5.69 Å². The maximum absolute atomic E-state index is 12.2. The van der Waals surface area contributed by atoms with Gasteiger partial charge in [0.2, 0.25) is 0 Å². The average Bonchev–Trinajstić information content (AvgIpc) is 2.54. The van der Waals surface area contributed by atoms with E-state index >= 15 is 0 Å². The van der Waals surface area contributed by atoms with E-state index in [1.54, 1.807) is 13.2 Å². The summed E-state index contributed by atoms with van der Waals surface area (Å²) in [7, 11) is 3.16. The first-order valence-corrected chi connectivity index (χ1v) is 8.20. The summed E-state index contributed by atoms with van der Waals surface area (Å²) in [6.07, 6.45) is 1.60. The van der Waals surface area contributed by atoms with E-state index < -0.39 is 0 Å². The van der Waals surface area contributed by atoms with Gasteiger partial charge in [-0.15, -0.1) is 0 Å². The first-order valence-electron chi connectivity index (χ1n) is 8.20. The lowest BCUT2D eigenvalue weighted by molar-refractivity contribution is 0.556. The molecule has 0 fully saturated rings. The Morgan fingerprint density at radius 3 is 2.21 bits per heavy atom. The fourth-order valence-corrected chi connectivity index (χ4v) is 2.66. The third-order valence-electron chi connectivity index (χ3n) is 4.39. The van der Waals surface area contributed by atoms with Crippen molar-refractivity contribution in [1.29, 1.82) is 0 Å². The first kappa shape index (κ1) is 18.2. The summed E-state index contributed by atoms with van der Waals surface area (Å²) in [5.41, 5.74) is 2.62. The Morgan fingerprint density at radius 2 is 1.67 bits per heavy atom. The van der Waals surface area contributed by atoms with Crippen molar-refractivity contribution >= 4 is 0 Å². The van der Waals surface area contributed by atoms with Crippen LogP contribution in [0.5, 0.6) is 0 Å². The number of hydrogen-bond donors (Lipinski definition) is 1. The normalized spacial score (nSPS) is 13.1. The predicted molar refractivity (Wildman–Crippen MR) is 97.3 cm³/mol. The van der Waals surface area contributed by atoms with E-state index in [9.17, 15) is 9.59 Å². The second-order valence-corrected chi connectivity index (χ2v) is 7.39. The molecule has 0 radical (unpaired) electrons. The molecule has 0 saturated carbocycles. The van der Waals surface area contributed by atoms with Gasteiger partial charge in [0, 0.05) is 38.4 Å². The number of nitrogens with one attached hydrogen (secondary N) is 1. The number of benzene rings is 1. The number of rotatable bonds is 4. The van der Waals surface area contributed by atoms with E-state index in [-0.39, 0.29) is 22.7 Å². The molecule has 2 rings (SSSR count). The predicted octanol–water partition coefficient (Wildman–Crippen LogP) is 2.23. The number of aromatic nitrogens is 2. The topological polar surface area (TPSA) is 56.0 Å².